The minimum atomic E-state index is -0.851. The van der Waals surface area contributed by atoms with Gasteiger partial charge >= 0.3 is 12.0 Å². The van der Waals surface area contributed by atoms with Crippen LogP contribution in [0, 0.1) is 5.41 Å². The van der Waals surface area contributed by atoms with E-state index in [1.807, 2.05) is 0 Å². The fourth-order valence-corrected chi connectivity index (χ4v) is 2.23. The third-order valence-corrected chi connectivity index (χ3v) is 3.88. The van der Waals surface area contributed by atoms with Crippen molar-refractivity contribution in [1.82, 2.24) is 5.32 Å². The monoisotopic (exact) mass is 278 g/mol. The minimum Gasteiger partial charge on any atom is -0.508 e. The van der Waals surface area contributed by atoms with E-state index < -0.39 is 11.4 Å². The third kappa shape index (κ3) is 2.68. The SMILES string of the molecule is CN(C(=O)NCC1(C(=O)O)CCC1)c1ccc(O)cc1. The van der Waals surface area contributed by atoms with Crippen molar-refractivity contribution < 1.29 is 19.8 Å². The van der Waals surface area contributed by atoms with Crippen LogP contribution < -0.4 is 10.2 Å². The van der Waals surface area contributed by atoms with Crippen LogP contribution >= 0.6 is 0 Å². The van der Waals surface area contributed by atoms with Crippen molar-refractivity contribution in [2.24, 2.45) is 5.41 Å². The fraction of sp³-hybridized carbons (Fsp3) is 0.429. The molecule has 0 aliphatic heterocycles. The number of carbonyl (C=O) groups is 2. The number of hydrogen-bond donors (Lipinski definition) is 3. The highest BCUT2D eigenvalue weighted by Gasteiger charge is 2.44. The van der Waals surface area contributed by atoms with Crippen molar-refractivity contribution in [3.63, 3.8) is 0 Å². The second kappa shape index (κ2) is 5.40. The topological polar surface area (TPSA) is 89.9 Å². The van der Waals surface area contributed by atoms with E-state index in [1.54, 1.807) is 19.2 Å². The lowest BCUT2D eigenvalue weighted by molar-refractivity contribution is -0.153. The molecule has 2 rings (SSSR count). The number of phenols is 1. The maximum Gasteiger partial charge on any atom is 0.321 e. The van der Waals surface area contributed by atoms with Crippen molar-refractivity contribution >= 4 is 17.7 Å². The molecule has 6 heteroatoms. The smallest absolute Gasteiger partial charge is 0.321 e. The molecule has 2 amide bonds. The highest BCUT2D eigenvalue weighted by molar-refractivity contribution is 5.91. The molecule has 1 aromatic carbocycles. The summed E-state index contributed by atoms with van der Waals surface area (Å²) in [6.07, 6.45) is 2.09. The Kier molecular flexibility index (Phi) is 3.83. The minimum absolute atomic E-state index is 0.127. The molecule has 0 unspecified atom stereocenters. The number of rotatable bonds is 4. The summed E-state index contributed by atoms with van der Waals surface area (Å²) >= 11 is 0. The van der Waals surface area contributed by atoms with Crippen molar-refractivity contribution in [3.8, 4) is 5.75 Å². The zero-order valence-corrected chi connectivity index (χ0v) is 11.3. The fourth-order valence-electron chi connectivity index (χ4n) is 2.23. The predicted octanol–water partition coefficient (Wildman–Crippen LogP) is 1.79. The van der Waals surface area contributed by atoms with Crippen LogP contribution in [0.25, 0.3) is 0 Å². The number of hydrogen-bond acceptors (Lipinski definition) is 3. The number of nitrogens with zero attached hydrogens (tertiary/aromatic N) is 1. The number of aliphatic carboxylic acids is 1. The van der Waals surface area contributed by atoms with E-state index in [1.165, 1.54) is 17.0 Å². The first-order valence-corrected chi connectivity index (χ1v) is 6.49. The number of carboxylic acids is 1. The maximum atomic E-state index is 12.0. The Balaban J connectivity index is 1.94. The summed E-state index contributed by atoms with van der Waals surface area (Å²) in [5.74, 6) is -0.724. The van der Waals surface area contributed by atoms with Crippen LogP contribution in [0.2, 0.25) is 0 Å². The molecule has 0 atom stereocenters. The second-order valence-corrected chi connectivity index (χ2v) is 5.17. The lowest BCUT2D eigenvalue weighted by atomic mass is 9.69. The largest absolute Gasteiger partial charge is 0.508 e. The number of carbonyl (C=O) groups excluding carboxylic acids is 1. The highest BCUT2D eigenvalue weighted by atomic mass is 16.4. The summed E-state index contributed by atoms with van der Waals surface area (Å²) in [5.41, 5.74) is -0.177. The Morgan fingerprint density at radius 1 is 1.30 bits per heavy atom. The van der Waals surface area contributed by atoms with Crippen LogP contribution in [0.5, 0.6) is 5.75 Å². The maximum absolute atomic E-state index is 12.0. The van der Waals surface area contributed by atoms with Gasteiger partial charge in [-0.3, -0.25) is 9.69 Å². The number of phenolic OH excluding ortho intramolecular Hbond substituents is 1. The predicted molar refractivity (Wildman–Crippen MR) is 73.8 cm³/mol. The molecule has 3 N–H and O–H groups in total. The summed E-state index contributed by atoms with van der Waals surface area (Å²) in [4.78, 5) is 24.6. The lowest BCUT2D eigenvalue weighted by Crippen LogP contribution is -2.50. The summed E-state index contributed by atoms with van der Waals surface area (Å²) in [6, 6.07) is 5.85. The molecule has 20 heavy (non-hydrogen) atoms. The Hall–Kier alpha value is -2.24. The average Bonchev–Trinajstić information content (AvgIpc) is 2.36. The molecule has 6 nitrogen and oxygen atoms in total. The zero-order chi connectivity index (χ0) is 14.8. The first-order chi connectivity index (χ1) is 9.44. The second-order valence-electron chi connectivity index (χ2n) is 5.17. The van der Waals surface area contributed by atoms with Gasteiger partial charge in [-0.15, -0.1) is 0 Å². The molecular weight excluding hydrogens is 260 g/mol. The van der Waals surface area contributed by atoms with Crippen LogP contribution in [0.3, 0.4) is 0 Å². The Bertz CT molecular complexity index is 508. The van der Waals surface area contributed by atoms with E-state index in [4.69, 9.17) is 0 Å². The summed E-state index contributed by atoms with van der Waals surface area (Å²) < 4.78 is 0. The first kappa shape index (κ1) is 14.2. The van der Waals surface area contributed by atoms with Gasteiger partial charge in [-0.1, -0.05) is 6.42 Å². The van der Waals surface area contributed by atoms with Gasteiger partial charge < -0.3 is 15.5 Å². The number of benzene rings is 1. The van der Waals surface area contributed by atoms with Crippen LogP contribution in [-0.2, 0) is 4.79 Å². The quantitative estimate of drug-likeness (QED) is 0.783. The number of amides is 2. The van der Waals surface area contributed by atoms with Gasteiger partial charge in [0.1, 0.15) is 5.75 Å². The first-order valence-electron chi connectivity index (χ1n) is 6.49. The number of nitrogens with one attached hydrogen (secondary N) is 1. The van der Waals surface area contributed by atoms with Crippen LogP contribution in [0.1, 0.15) is 19.3 Å². The Morgan fingerprint density at radius 2 is 1.90 bits per heavy atom. The van der Waals surface area contributed by atoms with Crippen molar-refractivity contribution in [2.75, 3.05) is 18.5 Å². The van der Waals surface area contributed by atoms with Crippen LogP contribution in [0.15, 0.2) is 24.3 Å². The molecule has 0 saturated heterocycles. The lowest BCUT2D eigenvalue weighted by Gasteiger charge is -2.37. The van der Waals surface area contributed by atoms with Gasteiger partial charge in [-0.05, 0) is 37.1 Å². The molecular formula is C14H18N2O4. The molecule has 1 aromatic rings. The van der Waals surface area contributed by atoms with E-state index >= 15 is 0 Å². The average molecular weight is 278 g/mol. The van der Waals surface area contributed by atoms with E-state index in [0.717, 1.165) is 6.42 Å². The standard InChI is InChI=1S/C14H18N2O4/c1-16(10-3-5-11(17)6-4-10)13(20)15-9-14(12(18)19)7-2-8-14/h3-6,17H,2,7-9H2,1H3,(H,15,20)(H,18,19). The molecule has 1 fully saturated rings. The van der Waals surface area contributed by atoms with Gasteiger partial charge in [0.05, 0.1) is 5.41 Å². The van der Waals surface area contributed by atoms with Gasteiger partial charge in [0.15, 0.2) is 0 Å². The molecule has 0 aromatic heterocycles. The number of anilines is 1. The van der Waals surface area contributed by atoms with Crippen LogP contribution in [-0.4, -0.2) is 35.8 Å². The van der Waals surface area contributed by atoms with Gasteiger partial charge in [0.2, 0.25) is 0 Å². The van der Waals surface area contributed by atoms with E-state index in [0.29, 0.717) is 18.5 Å². The van der Waals surface area contributed by atoms with E-state index in [9.17, 15) is 19.8 Å². The third-order valence-electron chi connectivity index (χ3n) is 3.88. The van der Waals surface area contributed by atoms with E-state index in [2.05, 4.69) is 5.32 Å². The summed E-state index contributed by atoms with van der Waals surface area (Å²) in [7, 11) is 1.59. The Morgan fingerprint density at radius 3 is 2.35 bits per heavy atom. The zero-order valence-electron chi connectivity index (χ0n) is 11.3. The van der Waals surface area contributed by atoms with Gasteiger partial charge in [0.25, 0.3) is 0 Å². The summed E-state index contributed by atoms with van der Waals surface area (Å²) in [6.45, 7) is 0.142. The molecule has 108 valence electrons. The summed E-state index contributed by atoms with van der Waals surface area (Å²) in [5, 5.41) is 21.1. The normalized spacial score (nSPS) is 16.1. The molecule has 0 heterocycles. The van der Waals surface area contributed by atoms with Gasteiger partial charge in [-0.25, -0.2) is 4.79 Å². The van der Waals surface area contributed by atoms with Crippen LogP contribution in [0.4, 0.5) is 10.5 Å². The van der Waals surface area contributed by atoms with Gasteiger partial charge in [0, 0.05) is 19.3 Å². The van der Waals surface area contributed by atoms with Gasteiger partial charge in [-0.2, -0.15) is 0 Å². The molecule has 1 aliphatic carbocycles. The molecule has 1 saturated carbocycles. The highest BCUT2D eigenvalue weighted by Crippen LogP contribution is 2.40. The van der Waals surface area contributed by atoms with E-state index in [-0.39, 0.29) is 18.3 Å². The number of carboxylic acid groups (broad SMARTS) is 1. The van der Waals surface area contributed by atoms with Crippen molar-refractivity contribution in [2.45, 2.75) is 19.3 Å². The van der Waals surface area contributed by atoms with Crippen molar-refractivity contribution in [1.29, 1.82) is 0 Å². The molecule has 0 radical (unpaired) electrons. The van der Waals surface area contributed by atoms with Crippen molar-refractivity contribution in [3.05, 3.63) is 24.3 Å². The number of urea groups is 1. The Labute approximate surface area is 117 Å². The molecule has 0 spiro atoms. The number of aromatic hydroxyl groups is 1. The molecule has 0 bridgehead atoms. The molecule has 1 aliphatic rings.